The highest BCUT2D eigenvalue weighted by atomic mass is 19.1. The molecule has 0 spiro atoms. The molecule has 1 aliphatic heterocycles. The number of halogens is 1. The molecule has 0 aliphatic carbocycles. The highest BCUT2D eigenvalue weighted by molar-refractivity contribution is 5.89. The molecule has 1 aromatic carbocycles. The lowest BCUT2D eigenvalue weighted by Gasteiger charge is -2.36. The molecule has 1 N–H and O–H groups in total. The fourth-order valence-electron chi connectivity index (χ4n) is 3.38. The lowest BCUT2D eigenvalue weighted by molar-refractivity contribution is -0.175. The van der Waals surface area contributed by atoms with Crippen molar-refractivity contribution >= 4 is 11.9 Å². The van der Waals surface area contributed by atoms with Gasteiger partial charge in [-0.15, -0.1) is 0 Å². The number of aromatic nitrogens is 2. The lowest BCUT2D eigenvalue weighted by Crippen LogP contribution is -2.55. The third-order valence-electron chi connectivity index (χ3n) is 5.18. The predicted octanol–water partition coefficient (Wildman–Crippen LogP) is 1.34. The van der Waals surface area contributed by atoms with Gasteiger partial charge in [0.15, 0.2) is 17.5 Å². The van der Waals surface area contributed by atoms with Crippen LogP contribution in [0.15, 0.2) is 52.2 Å². The van der Waals surface area contributed by atoms with Crippen LogP contribution in [0.1, 0.15) is 37.4 Å². The Kier molecular flexibility index (Phi) is 5.62. The standard InChI is InChI=1S/C20H21FN2O7/c1-12(24)30-20(3)14(11-28-16(26)13-7-5-4-6-8-13)29-17(19(20,2)21)23-10-9-15(25)22-18(23)27/h4-10,14,17H,11H2,1-3H3,(H,22,25,27)/t14-,17+,19+,20-/m1/s1. The van der Waals surface area contributed by atoms with Gasteiger partial charge in [0.2, 0.25) is 0 Å². The summed E-state index contributed by atoms with van der Waals surface area (Å²) in [6.07, 6.45) is -1.70. The average molecular weight is 420 g/mol. The van der Waals surface area contributed by atoms with Crippen LogP contribution in [-0.2, 0) is 19.0 Å². The van der Waals surface area contributed by atoms with Crippen LogP contribution in [0.5, 0.6) is 0 Å². The third kappa shape index (κ3) is 3.78. The number of benzene rings is 1. The minimum absolute atomic E-state index is 0.279. The molecule has 0 amide bonds. The zero-order valence-corrected chi connectivity index (χ0v) is 16.6. The number of nitrogens with zero attached hydrogens (tertiary/aromatic N) is 1. The molecule has 2 aromatic rings. The van der Waals surface area contributed by atoms with Crippen LogP contribution in [0.25, 0.3) is 0 Å². The van der Waals surface area contributed by atoms with Gasteiger partial charge in [-0.3, -0.25) is 19.1 Å². The molecule has 4 atom stereocenters. The number of rotatable bonds is 5. The Bertz CT molecular complexity index is 1060. The van der Waals surface area contributed by atoms with Gasteiger partial charge in [-0.05, 0) is 26.0 Å². The molecule has 30 heavy (non-hydrogen) atoms. The van der Waals surface area contributed by atoms with Gasteiger partial charge in [0.05, 0.1) is 5.56 Å². The monoisotopic (exact) mass is 420 g/mol. The normalized spacial score (nSPS) is 28.1. The minimum atomic E-state index is -2.41. The van der Waals surface area contributed by atoms with Crippen molar-refractivity contribution in [2.24, 2.45) is 0 Å². The molecule has 10 heteroatoms. The molecule has 1 saturated heterocycles. The highest BCUT2D eigenvalue weighted by Gasteiger charge is 2.66. The first-order valence-electron chi connectivity index (χ1n) is 9.14. The van der Waals surface area contributed by atoms with Gasteiger partial charge in [-0.2, -0.15) is 0 Å². The number of hydrogen-bond donors (Lipinski definition) is 1. The van der Waals surface area contributed by atoms with E-state index in [2.05, 4.69) is 0 Å². The number of esters is 2. The van der Waals surface area contributed by atoms with Crippen molar-refractivity contribution in [1.29, 1.82) is 0 Å². The van der Waals surface area contributed by atoms with Crippen LogP contribution in [-0.4, -0.2) is 45.5 Å². The SMILES string of the molecule is CC(=O)O[C@]1(C)[C@@H](COC(=O)c2ccccc2)O[C@H](n2ccc(=O)[nH]c2=O)[C@]1(C)F. The van der Waals surface area contributed by atoms with Crippen molar-refractivity contribution < 1.29 is 28.2 Å². The van der Waals surface area contributed by atoms with Gasteiger partial charge in [0.25, 0.3) is 5.56 Å². The van der Waals surface area contributed by atoms with E-state index in [1.54, 1.807) is 30.3 Å². The Hall–Kier alpha value is -3.27. The van der Waals surface area contributed by atoms with E-state index >= 15 is 4.39 Å². The number of nitrogens with one attached hydrogen (secondary N) is 1. The number of hydrogen-bond acceptors (Lipinski definition) is 7. The van der Waals surface area contributed by atoms with Gasteiger partial charge in [-0.25, -0.2) is 14.0 Å². The summed E-state index contributed by atoms with van der Waals surface area (Å²) in [5.74, 6) is -1.45. The Morgan fingerprint density at radius 2 is 1.87 bits per heavy atom. The van der Waals surface area contributed by atoms with E-state index in [0.29, 0.717) is 0 Å². The second-order valence-electron chi connectivity index (χ2n) is 7.24. The summed E-state index contributed by atoms with van der Waals surface area (Å²) in [5, 5.41) is 0. The average Bonchev–Trinajstić information content (AvgIpc) is 2.86. The molecule has 1 aromatic heterocycles. The summed E-state index contributed by atoms with van der Waals surface area (Å²) >= 11 is 0. The van der Waals surface area contributed by atoms with Crippen molar-refractivity contribution in [1.82, 2.24) is 9.55 Å². The molecule has 0 saturated carbocycles. The Morgan fingerprint density at radius 1 is 1.20 bits per heavy atom. The maximum atomic E-state index is 16.0. The molecule has 2 heterocycles. The van der Waals surface area contributed by atoms with Crippen LogP contribution in [0.2, 0.25) is 0 Å². The first-order chi connectivity index (χ1) is 14.1. The van der Waals surface area contributed by atoms with Crippen molar-refractivity contribution in [2.45, 2.75) is 44.4 Å². The lowest BCUT2D eigenvalue weighted by atomic mass is 9.84. The molecular weight excluding hydrogens is 399 g/mol. The van der Waals surface area contributed by atoms with E-state index in [0.717, 1.165) is 30.7 Å². The van der Waals surface area contributed by atoms with Crippen LogP contribution in [0, 0.1) is 0 Å². The zero-order chi connectivity index (χ0) is 22.1. The van der Waals surface area contributed by atoms with Crippen LogP contribution in [0.3, 0.4) is 0 Å². The van der Waals surface area contributed by atoms with Crippen LogP contribution < -0.4 is 11.2 Å². The number of carbonyl (C=O) groups excluding carboxylic acids is 2. The summed E-state index contributed by atoms with van der Waals surface area (Å²) < 4.78 is 33.0. The van der Waals surface area contributed by atoms with Gasteiger partial charge in [-0.1, -0.05) is 18.2 Å². The highest BCUT2D eigenvalue weighted by Crippen LogP contribution is 2.49. The number of ether oxygens (including phenoxy) is 3. The first-order valence-corrected chi connectivity index (χ1v) is 9.14. The van der Waals surface area contributed by atoms with E-state index < -0.39 is 53.4 Å². The second kappa shape index (κ2) is 7.86. The second-order valence-corrected chi connectivity index (χ2v) is 7.24. The number of alkyl halides is 1. The first kappa shape index (κ1) is 21.4. The van der Waals surface area contributed by atoms with Gasteiger partial charge in [0, 0.05) is 19.2 Å². The largest absolute Gasteiger partial charge is 0.459 e. The molecule has 0 radical (unpaired) electrons. The molecule has 1 fully saturated rings. The van der Waals surface area contributed by atoms with Crippen molar-refractivity contribution in [3.05, 3.63) is 69.0 Å². The molecular formula is C20H21FN2O7. The number of aromatic amines is 1. The molecule has 1 aliphatic rings. The van der Waals surface area contributed by atoms with E-state index in [9.17, 15) is 19.2 Å². The van der Waals surface area contributed by atoms with Crippen LogP contribution in [0.4, 0.5) is 4.39 Å². The molecule has 9 nitrogen and oxygen atoms in total. The minimum Gasteiger partial charge on any atom is -0.459 e. The van der Waals surface area contributed by atoms with E-state index in [4.69, 9.17) is 14.2 Å². The van der Waals surface area contributed by atoms with E-state index in [1.807, 2.05) is 4.98 Å². The topological polar surface area (TPSA) is 117 Å². The Labute approximate surface area is 170 Å². The summed E-state index contributed by atoms with van der Waals surface area (Å²) in [6.45, 7) is 3.07. The molecule has 3 rings (SSSR count). The van der Waals surface area contributed by atoms with Crippen molar-refractivity contribution in [2.75, 3.05) is 6.61 Å². The summed E-state index contributed by atoms with van der Waals surface area (Å²) in [5.41, 5.74) is -5.59. The summed E-state index contributed by atoms with van der Waals surface area (Å²) in [6, 6.07) is 9.17. The smallest absolute Gasteiger partial charge is 0.338 e. The Balaban J connectivity index is 1.92. The fourth-order valence-corrected chi connectivity index (χ4v) is 3.38. The summed E-state index contributed by atoms with van der Waals surface area (Å²) in [7, 11) is 0. The maximum absolute atomic E-state index is 16.0. The summed E-state index contributed by atoms with van der Waals surface area (Å²) in [4.78, 5) is 49.5. The van der Waals surface area contributed by atoms with Crippen LogP contribution >= 0.6 is 0 Å². The predicted molar refractivity (Wildman–Crippen MR) is 102 cm³/mol. The Morgan fingerprint density at radius 3 is 2.47 bits per heavy atom. The zero-order valence-electron chi connectivity index (χ0n) is 16.6. The van der Waals surface area contributed by atoms with Crippen molar-refractivity contribution in [3.63, 3.8) is 0 Å². The fraction of sp³-hybridized carbons (Fsp3) is 0.400. The van der Waals surface area contributed by atoms with E-state index in [1.165, 1.54) is 6.92 Å². The molecule has 0 bridgehead atoms. The van der Waals surface area contributed by atoms with E-state index in [-0.39, 0.29) is 5.56 Å². The maximum Gasteiger partial charge on any atom is 0.338 e. The third-order valence-corrected chi connectivity index (χ3v) is 5.18. The number of H-pyrrole nitrogens is 1. The van der Waals surface area contributed by atoms with Gasteiger partial charge >= 0.3 is 17.6 Å². The molecule has 160 valence electrons. The van der Waals surface area contributed by atoms with Crippen molar-refractivity contribution in [3.8, 4) is 0 Å². The molecule has 0 unspecified atom stereocenters. The number of carbonyl (C=O) groups is 2. The van der Waals surface area contributed by atoms with Gasteiger partial charge < -0.3 is 14.2 Å². The van der Waals surface area contributed by atoms with Gasteiger partial charge in [0.1, 0.15) is 12.7 Å². The quantitative estimate of drug-likeness (QED) is 0.726.